The Balaban J connectivity index is 2.25. The molecule has 0 saturated heterocycles. The molecule has 0 saturated carbocycles. The summed E-state index contributed by atoms with van der Waals surface area (Å²) in [5.74, 6) is 0. The Kier molecular flexibility index (Phi) is 6.20. The quantitative estimate of drug-likeness (QED) is 0.819. The highest BCUT2D eigenvalue weighted by molar-refractivity contribution is 5.67. The van der Waals surface area contributed by atoms with Gasteiger partial charge in [-0.25, -0.2) is 4.79 Å². The number of carbonyl (C=O) groups excluding carboxylic acids is 1. The molecule has 1 rings (SSSR count). The van der Waals surface area contributed by atoms with E-state index < -0.39 is 5.60 Å². The lowest BCUT2D eigenvalue weighted by atomic mass is 10.2. The lowest BCUT2D eigenvalue weighted by molar-refractivity contribution is 0.0297. The highest BCUT2D eigenvalue weighted by Crippen LogP contribution is 2.11. The maximum absolute atomic E-state index is 11.8. The normalized spacial score (nSPS) is 13.0. The molecular weight excluding hydrogens is 268 g/mol. The molecule has 1 atom stereocenters. The van der Waals surface area contributed by atoms with Gasteiger partial charge in [-0.15, -0.1) is 0 Å². The Labute approximate surface area is 127 Å². The molecule has 1 aromatic heterocycles. The molecule has 0 spiro atoms. The van der Waals surface area contributed by atoms with Crippen LogP contribution in [-0.2, 0) is 11.8 Å². The van der Waals surface area contributed by atoms with Crippen molar-refractivity contribution in [3.8, 4) is 0 Å². The molecule has 1 amide bonds. The van der Waals surface area contributed by atoms with Gasteiger partial charge in [0.25, 0.3) is 0 Å². The third kappa shape index (κ3) is 6.16. The topological polar surface area (TPSA) is 59.4 Å². The molecule has 0 radical (unpaired) electrons. The molecule has 0 aliphatic heterocycles. The van der Waals surface area contributed by atoms with Crippen molar-refractivity contribution in [1.82, 2.24) is 20.0 Å². The number of carbonyl (C=O) groups is 1. The van der Waals surface area contributed by atoms with Gasteiger partial charge in [0.2, 0.25) is 0 Å². The second-order valence-corrected chi connectivity index (χ2v) is 6.31. The fraction of sp³-hybridized carbons (Fsp3) is 0.733. The molecule has 1 unspecified atom stereocenters. The molecule has 0 aliphatic carbocycles. The number of nitrogens with one attached hydrogen (secondary N) is 1. The van der Waals surface area contributed by atoms with Crippen molar-refractivity contribution >= 4 is 6.09 Å². The van der Waals surface area contributed by atoms with Crippen molar-refractivity contribution in [3.63, 3.8) is 0 Å². The largest absolute Gasteiger partial charge is 0.444 e. The van der Waals surface area contributed by atoms with Gasteiger partial charge in [0.1, 0.15) is 5.60 Å². The van der Waals surface area contributed by atoms with E-state index in [-0.39, 0.29) is 12.1 Å². The summed E-state index contributed by atoms with van der Waals surface area (Å²) in [4.78, 5) is 13.4. The first-order valence-corrected chi connectivity index (χ1v) is 7.36. The maximum atomic E-state index is 11.8. The van der Waals surface area contributed by atoms with Gasteiger partial charge >= 0.3 is 6.09 Å². The van der Waals surface area contributed by atoms with Gasteiger partial charge in [0, 0.05) is 32.9 Å². The number of amides is 1. The van der Waals surface area contributed by atoms with Crippen molar-refractivity contribution in [1.29, 1.82) is 0 Å². The number of nitrogens with zero attached hydrogens (tertiary/aromatic N) is 3. The molecule has 0 bridgehead atoms. The average Bonchev–Trinajstić information content (AvgIpc) is 2.78. The van der Waals surface area contributed by atoms with E-state index in [2.05, 4.69) is 17.3 Å². The fourth-order valence-corrected chi connectivity index (χ4v) is 1.98. The standard InChI is InChI=1S/C15H28N4O2/c1-12(13-8-10-17-19(13)6)16-9-7-11-18(5)14(20)21-15(2,3)4/h8,10,12,16H,7,9,11H2,1-6H3. The van der Waals surface area contributed by atoms with Crippen LogP contribution >= 0.6 is 0 Å². The molecule has 6 heteroatoms. The van der Waals surface area contributed by atoms with Gasteiger partial charge in [-0.05, 0) is 46.7 Å². The van der Waals surface area contributed by atoms with E-state index in [9.17, 15) is 4.79 Å². The second kappa shape index (κ2) is 7.45. The van der Waals surface area contributed by atoms with Gasteiger partial charge in [-0.1, -0.05) is 0 Å². The van der Waals surface area contributed by atoms with Gasteiger partial charge < -0.3 is 15.0 Å². The van der Waals surface area contributed by atoms with Crippen molar-refractivity contribution in [2.24, 2.45) is 7.05 Å². The van der Waals surface area contributed by atoms with E-state index in [0.717, 1.165) is 18.7 Å². The SMILES string of the molecule is CC(NCCCN(C)C(=O)OC(C)(C)C)c1ccnn1C. The summed E-state index contributed by atoms with van der Waals surface area (Å²) in [6, 6.07) is 2.24. The number of hydrogen-bond acceptors (Lipinski definition) is 4. The lowest BCUT2D eigenvalue weighted by Gasteiger charge is -2.24. The maximum Gasteiger partial charge on any atom is 0.410 e. The second-order valence-electron chi connectivity index (χ2n) is 6.31. The third-order valence-corrected chi connectivity index (χ3v) is 3.13. The summed E-state index contributed by atoms with van der Waals surface area (Å²) in [6.07, 6.45) is 2.39. The minimum atomic E-state index is -0.447. The molecule has 120 valence electrons. The minimum Gasteiger partial charge on any atom is -0.444 e. The molecule has 0 aromatic carbocycles. The number of ether oxygens (including phenoxy) is 1. The van der Waals surface area contributed by atoms with E-state index in [0.29, 0.717) is 6.54 Å². The van der Waals surface area contributed by atoms with Gasteiger partial charge in [-0.3, -0.25) is 4.68 Å². The van der Waals surface area contributed by atoms with Crippen LogP contribution in [0.1, 0.15) is 45.9 Å². The molecule has 1 N–H and O–H groups in total. The van der Waals surface area contributed by atoms with Crippen LogP contribution < -0.4 is 5.32 Å². The van der Waals surface area contributed by atoms with Gasteiger partial charge in [-0.2, -0.15) is 5.10 Å². The van der Waals surface area contributed by atoms with E-state index >= 15 is 0 Å². The molecule has 21 heavy (non-hydrogen) atoms. The first-order valence-electron chi connectivity index (χ1n) is 7.36. The summed E-state index contributed by atoms with van der Waals surface area (Å²) in [7, 11) is 3.70. The fourth-order valence-electron chi connectivity index (χ4n) is 1.98. The smallest absolute Gasteiger partial charge is 0.410 e. The van der Waals surface area contributed by atoms with Crippen LogP contribution in [0.15, 0.2) is 12.3 Å². The Morgan fingerprint density at radius 3 is 2.71 bits per heavy atom. The summed E-state index contributed by atoms with van der Waals surface area (Å²) in [5.41, 5.74) is 0.702. The summed E-state index contributed by atoms with van der Waals surface area (Å²) < 4.78 is 7.17. The van der Waals surface area contributed by atoms with Crippen molar-refractivity contribution < 1.29 is 9.53 Å². The summed E-state index contributed by atoms with van der Waals surface area (Å²) in [5, 5.41) is 7.59. The summed E-state index contributed by atoms with van der Waals surface area (Å²) in [6.45, 7) is 9.22. The average molecular weight is 296 g/mol. The van der Waals surface area contributed by atoms with Gasteiger partial charge in [0.05, 0.1) is 5.69 Å². The number of aromatic nitrogens is 2. The Morgan fingerprint density at radius 2 is 2.19 bits per heavy atom. The Morgan fingerprint density at radius 1 is 1.52 bits per heavy atom. The monoisotopic (exact) mass is 296 g/mol. The lowest BCUT2D eigenvalue weighted by Crippen LogP contribution is -2.35. The number of aryl methyl sites for hydroxylation is 1. The van der Waals surface area contributed by atoms with Crippen LogP contribution in [0.4, 0.5) is 4.79 Å². The predicted octanol–water partition coefficient (Wildman–Crippen LogP) is 2.33. The van der Waals surface area contributed by atoms with Crippen LogP contribution in [0.2, 0.25) is 0 Å². The van der Waals surface area contributed by atoms with Gasteiger partial charge in [0.15, 0.2) is 0 Å². The zero-order valence-corrected chi connectivity index (χ0v) is 14.0. The van der Waals surface area contributed by atoms with Crippen LogP contribution in [-0.4, -0.2) is 46.5 Å². The predicted molar refractivity (Wildman–Crippen MR) is 83.1 cm³/mol. The first kappa shape index (κ1) is 17.5. The molecule has 6 nitrogen and oxygen atoms in total. The Hall–Kier alpha value is -1.56. The number of rotatable bonds is 6. The molecular formula is C15H28N4O2. The molecule has 1 heterocycles. The van der Waals surface area contributed by atoms with Crippen molar-refractivity contribution in [2.75, 3.05) is 20.1 Å². The highest BCUT2D eigenvalue weighted by atomic mass is 16.6. The van der Waals surface area contributed by atoms with Crippen LogP contribution in [0.25, 0.3) is 0 Å². The van der Waals surface area contributed by atoms with Crippen molar-refractivity contribution in [3.05, 3.63) is 18.0 Å². The first-order chi connectivity index (χ1) is 9.70. The molecule has 0 fully saturated rings. The van der Waals surface area contributed by atoms with E-state index in [1.165, 1.54) is 0 Å². The Bertz CT molecular complexity index is 451. The molecule has 1 aromatic rings. The highest BCUT2D eigenvalue weighted by Gasteiger charge is 2.19. The van der Waals surface area contributed by atoms with Crippen LogP contribution in [0.3, 0.4) is 0 Å². The van der Waals surface area contributed by atoms with E-state index in [4.69, 9.17) is 4.74 Å². The van der Waals surface area contributed by atoms with Crippen molar-refractivity contribution in [2.45, 2.75) is 45.8 Å². The minimum absolute atomic E-state index is 0.240. The zero-order chi connectivity index (χ0) is 16.0. The summed E-state index contributed by atoms with van der Waals surface area (Å²) >= 11 is 0. The zero-order valence-electron chi connectivity index (χ0n) is 14.0. The molecule has 0 aliphatic rings. The van der Waals surface area contributed by atoms with Crippen LogP contribution in [0, 0.1) is 0 Å². The number of hydrogen-bond donors (Lipinski definition) is 1. The third-order valence-electron chi connectivity index (χ3n) is 3.13. The van der Waals surface area contributed by atoms with E-state index in [1.807, 2.05) is 38.6 Å². The van der Waals surface area contributed by atoms with Crippen LogP contribution in [0.5, 0.6) is 0 Å². The van der Waals surface area contributed by atoms with E-state index in [1.54, 1.807) is 18.1 Å².